The Bertz CT molecular complexity index is 1220. The lowest BCUT2D eigenvalue weighted by molar-refractivity contribution is 0.0450. The highest BCUT2D eigenvalue weighted by Gasteiger charge is 2.26. The number of hydrogen-bond donors (Lipinski definition) is 1. The van der Waals surface area contributed by atoms with Gasteiger partial charge in [-0.15, -0.1) is 0 Å². The van der Waals surface area contributed by atoms with Crippen molar-refractivity contribution in [2.24, 2.45) is 5.92 Å². The molecule has 4 aromatic rings. The molecule has 6 nitrogen and oxygen atoms in total. The monoisotopic (exact) mass is 452 g/mol. The van der Waals surface area contributed by atoms with E-state index < -0.39 is 5.97 Å². The number of nitrogens with zero attached hydrogens (tertiary/aromatic N) is 3. The number of aromatic nitrogens is 3. The van der Waals surface area contributed by atoms with Crippen molar-refractivity contribution in [2.75, 3.05) is 12.3 Å². The highest BCUT2D eigenvalue weighted by Crippen LogP contribution is 2.32. The molecule has 2 heterocycles. The number of benzene rings is 2. The van der Waals surface area contributed by atoms with Crippen LogP contribution in [0.3, 0.4) is 0 Å². The zero-order valence-corrected chi connectivity index (χ0v) is 17.8. The summed E-state index contributed by atoms with van der Waals surface area (Å²) in [5, 5.41) is 0. The number of nitrogen functional groups attached to an aromatic ring is 1. The van der Waals surface area contributed by atoms with Crippen LogP contribution in [0.25, 0.3) is 27.9 Å². The highest BCUT2D eigenvalue weighted by molar-refractivity contribution is 9.10. The van der Waals surface area contributed by atoms with Crippen molar-refractivity contribution >= 4 is 49.9 Å². The number of carbonyl (C=O) groups excluding carboxylic acids is 1. The van der Waals surface area contributed by atoms with E-state index in [1.165, 1.54) is 0 Å². The van der Waals surface area contributed by atoms with Crippen LogP contribution in [0, 0.1) is 5.92 Å². The Balaban J connectivity index is 1.96. The van der Waals surface area contributed by atoms with Gasteiger partial charge in [0.1, 0.15) is 16.9 Å². The van der Waals surface area contributed by atoms with Gasteiger partial charge < -0.3 is 10.5 Å². The molecule has 0 bridgehead atoms. The van der Waals surface area contributed by atoms with Crippen molar-refractivity contribution in [1.82, 2.24) is 14.5 Å². The number of nitrogens with two attached hydrogens (primary N) is 1. The molecule has 2 aromatic carbocycles. The summed E-state index contributed by atoms with van der Waals surface area (Å²) < 4.78 is 8.19. The fourth-order valence-electron chi connectivity index (χ4n) is 3.15. The van der Waals surface area contributed by atoms with Crippen LogP contribution in [0.2, 0.25) is 0 Å². The van der Waals surface area contributed by atoms with Gasteiger partial charge in [0.2, 0.25) is 0 Å². The molecule has 2 aromatic heterocycles. The van der Waals surface area contributed by atoms with Gasteiger partial charge in [0.25, 0.3) is 0 Å². The number of hydrogen-bond acceptors (Lipinski definition) is 5. The normalized spacial score (nSPS) is 12.4. The summed E-state index contributed by atoms with van der Waals surface area (Å²) >= 11 is 3.49. The third-order valence-corrected chi connectivity index (χ3v) is 5.46. The second-order valence-electron chi connectivity index (χ2n) is 7.07. The summed E-state index contributed by atoms with van der Waals surface area (Å²) in [7, 11) is 0. The Morgan fingerprint density at radius 3 is 2.59 bits per heavy atom. The van der Waals surface area contributed by atoms with Crippen LogP contribution < -0.4 is 5.73 Å². The Labute approximate surface area is 176 Å². The van der Waals surface area contributed by atoms with Crippen molar-refractivity contribution < 1.29 is 9.53 Å². The van der Waals surface area contributed by atoms with Gasteiger partial charge >= 0.3 is 5.97 Å². The molecule has 0 saturated heterocycles. The van der Waals surface area contributed by atoms with Crippen LogP contribution in [-0.4, -0.2) is 27.1 Å². The van der Waals surface area contributed by atoms with Crippen LogP contribution in [0.1, 0.15) is 30.6 Å². The number of fused-ring (bicyclic) bond motifs is 2. The van der Waals surface area contributed by atoms with E-state index in [9.17, 15) is 4.79 Å². The van der Waals surface area contributed by atoms with E-state index in [0.29, 0.717) is 23.3 Å². The molecule has 7 heteroatoms. The van der Waals surface area contributed by atoms with Crippen LogP contribution in [0.15, 0.2) is 53.0 Å². The molecule has 0 saturated carbocycles. The first-order valence-electron chi connectivity index (χ1n) is 9.49. The fraction of sp³-hybridized carbons (Fsp3) is 0.227. The van der Waals surface area contributed by atoms with Gasteiger partial charge in [-0.3, -0.25) is 4.57 Å². The van der Waals surface area contributed by atoms with Crippen LogP contribution >= 0.6 is 15.9 Å². The molecule has 2 N–H and O–H groups in total. The molecule has 0 fully saturated rings. The largest absolute Gasteiger partial charge is 0.462 e. The molecule has 0 radical (unpaired) electrons. The minimum Gasteiger partial charge on any atom is -0.462 e. The van der Waals surface area contributed by atoms with Crippen LogP contribution in [0.5, 0.6) is 0 Å². The molecule has 0 aliphatic heterocycles. The predicted molar refractivity (Wildman–Crippen MR) is 118 cm³/mol. The van der Waals surface area contributed by atoms with Gasteiger partial charge in [0.15, 0.2) is 5.65 Å². The predicted octanol–water partition coefficient (Wildman–Crippen LogP) is 5.12. The second kappa shape index (κ2) is 7.83. The zero-order valence-electron chi connectivity index (χ0n) is 16.2. The summed E-state index contributed by atoms with van der Waals surface area (Å²) in [6, 6.07) is 15.2. The molecule has 0 amide bonds. The maximum atomic E-state index is 13.0. The van der Waals surface area contributed by atoms with E-state index in [-0.39, 0.29) is 17.3 Å². The first-order valence-corrected chi connectivity index (χ1v) is 10.3. The van der Waals surface area contributed by atoms with Gasteiger partial charge in [-0.05, 0) is 36.2 Å². The van der Waals surface area contributed by atoms with Gasteiger partial charge in [0.05, 0.1) is 23.3 Å². The van der Waals surface area contributed by atoms with E-state index in [1.807, 2.05) is 55.5 Å². The summed E-state index contributed by atoms with van der Waals surface area (Å²) in [4.78, 5) is 22.4. The van der Waals surface area contributed by atoms with Crippen molar-refractivity contribution in [3.63, 3.8) is 0 Å². The Morgan fingerprint density at radius 2 is 1.90 bits per heavy atom. The zero-order chi connectivity index (χ0) is 20.5. The van der Waals surface area contributed by atoms with Crippen LogP contribution in [-0.2, 0) is 4.74 Å². The number of esters is 1. The first kappa shape index (κ1) is 19.4. The average Bonchev–Trinajstić information content (AvgIpc) is 3.00. The molecule has 0 aliphatic rings. The number of halogens is 1. The Kier molecular flexibility index (Phi) is 5.24. The van der Waals surface area contributed by atoms with Gasteiger partial charge in [-0.2, -0.15) is 0 Å². The minimum atomic E-state index is -0.480. The van der Waals surface area contributed by atoms with Gasteiger partial charge in [-0.25, -0.2) is 14.8 Å². The van der Waals surface area contributed by atoms with Crippen LogP contribution in [0.4, 0.5) is 5.82 Å². The van der Waals surface area contributed by atoms with E-state index in [1.54, 1.807) is 4.57 Å². The second-order valence-corrected chi connectivity index (χ2v) is 7.99. The molecule has 29 heavy (non-hydrogen) atoms. The molecule has 148 valence electrons. The average molecular weight is 453 g/mol. The lowest BCUT2D eigenvalue weighted by Gasteiger charge is -2.10. The summed E-state index contributed by atoms with van der Waals surface area (Å²) in [6.07, 6.45) is 0.924. The lowest BCUT2D eigenvalue weighted by Crippen LogP contribution is -2.13. The Morgan fingerprint density at radius 1 is 1.17 bits per heavy atom. The summed E-state index contributed by atoms with van der Waals surface area (Å²) in [6.45, 7) is 4.43. The molecule has 0 aliphatic carbocycles. The number of anilines is 1. The quantitative estimate of drug-likeness (QED) is 0.424. The van der Waals surface area contributed by atoms with Crippen molar-refractivity contribution in [3.05, 3.63) is 58.6 Å². The maximum Gasteiger partial charge on any atom is 0.344 e. The third kappa shape index (κ3) is 3.58. The highest BCUT2D eigenvalue weighted by atomic mass is 79.9. The smallest absolute Gasteiger partial charge is 0.344 e. The molecule has 0 spiro atoms. The van der Waals surface area contributed by atoms with E-state index in [2.05, 4.69) is 22.9 Å². The van der Waals surface area contributed by atoms with Crippen molar-refractivity contribution in [1.29, 1.82) is 0 Å². The Hall–Kier alpha value is -2.93. The van der Waals surface area contributed by atoms with E-state index >= 15 is 0 Å². The molecule has 1 atom stereocenters. The molecule has 0 unspecified atom stereocenters. The van der Waals surface area contributed by atoms with E-state index in [0.717, 1.165) is 22.1 Å². The molecular weight excluding hydrogens is 432 g/mol. The van der Waals surface area contributed by atoms with E-state index in [4.69, 9.17) is 20.4 Å². The standard InChI is InChI=1S/C22H21BrN4O2/c1-3-13(2)12-29-22(28)18-19-21(26-17-10-5-4-9-16(17)25-19)27(20(18)24)15-8-6-7-14(23)11-15/h4-11,13H,3,12,24H2,1-2H3/t13-/m0/s1. The summed E-state index contributed by atoms with van der Waals surface area (Å²) in [5.74, 6) is 0.0548. The third-order valence-electron chi connectivity index (χ3n) is 4.96. The summed E-state index contributed by atoms with van der Waals surface area (Å²) in [5.41, 5.74) is 9.89. The topological polar surface area (TPSA) is 83.0 Å². The van der Waals surface area contributed by atoms with Gasteiger partial charge in [0, 0.05) is 4.47 Å². The van der Waals surface area contributed by atoms with Gasteiger partial charge in [-0.1, -0.05) is 54.4 Å². The fourth-order valence-corrected chi connectivity index (χ4v) is 3.53. The maximum absolute atomic E-state index is 13.0. The minimum absolute atomic E-state index is 0.251. The van der Waals surface area contributed by atoms with Crippen molar-refractivity contribution in [3.8, 4) is 5.69 Å². The van der Waals surface area contributed by atoms with Crippen molar-refractivity contribution in [2.45, 2.75) is 20.3 Å². The number of rotatable bonds is 5. The number of carbonyl (C=O) groups is 1. The number of para-hydroxylation sites is 2. The SMILES string of the molecule is CC[C@H](C)COC(=O)c1c(N)n(-c2cccc(Br)c2)c2nc3ccccc3nc12. The first-order chi connectivity index (χ1) is 14.0. The lowest BCUT2D eigenvalue weighted by atomic mass is 10.1. The molecule has 4 rings (SSSR count). The molecular formula is C22H21BrN4O2. The number of ether oxygens (including phenoxy) is 1.